The predicted molar refractivity (Wildman–Crippen MR) is 98.9 cm³/mol. The molecule has 1 atom stereocenters. The highest BCUT2D eigenvalue weighted by Crippen LogP contribution is 2.47. The SMILES string of the molecule is CN1CCCC[C@@H]1CCN1c2ccccc2Sc2ccccc21. The highest BCUT2D eigenvalue weighted by atomic mass is 32.2. The monoisotopic (exact) mass is 324 g/mol. The fourth-order valence-corrected chi connectivity index (χ4v) is 4.90. The van der Waals surface area contributed by atoms with Crippen LogP contribution in [0.2, 0.25) is 0 Å². The van der Waals surface area contributed by atoms with Crippen molar-refractivity contribution in [1.82, 2.24) is 4.90 Å². The van der Waals surface area contributed by atoms with E-state index in [9.17, 15) is 0 Å². The Morgan fingerprint density at radius 2 is 1.61 bits per heavy atom. The first kappa shape index (κ1) is 15.1. The lowest BCUT2D eigenvalue weighted by atomic mass is 9.99. The van der Waals surface area contributed by atoms with Crippen molar-refractivity contribution in [3.63, 3.8) is 0 Å². The van der Waals surface area contributed by atoms with E-state index in [1.54, 1.807) is 0 Å². The zero-order valence-corrected chi connectivity index (χ0v) is 14.6. The molecule has 23 heavy (non-hydrogen) atoms. The first-order valence-electron chi connectivity index (χ1n) is 8.66. The summed E-state index contributed by atoms with van der Waals surface area (Å²) in [4.78, 5) is 7.84. The van der Waals surface area contributed by atoms with Crippen LogP contribution < -0.4 is 4.90 Å². The number of anilines is 2. The number of likely N-dealkylation sites (tertiary alicyclic amines) is 1. The molecule has 0 spiro atoms. The van der Waals surface area contributed by atoms with Crippen molar-refractivity contribution >= 4 is 23.1 Å². The van der Waals surface area contributed by atoms with Crippen molar-refractivity contribution in [1.29, 1.82) is 0 Å². The lowest BCUT2D eigenvalue weighted by Gasteiger charge is -2.37. The van der Waals surface area contributed by atoms with Gasteiger partial charge in [-0.15, -0.1) is 0 Å². The Morgan fingerprint density at radius 1 is 0.957 bits per heavy atom. The minimum atomic E-state index is 0.734. The van der Waals surface area contributed by atoms with Crippen molar-refractivity contribution in [2.45, 2.75) is 41.5 Å². The molecule has 4 rings (SSSR count). The lowest BCUT2D eigenvalue weighted by Crippen LogP contribution is -2.38. The van der Waals surface area contributed by atoms with Gasteiger partial charge in [0.25, 0.3) is 0 Å². The average molecular weight is 324 g/mol. The molecule has 120 valence electrons. The van der Waals surface area contributed by atoms with E-state index in [1.165, 1.54) is 53.4 Å². The van der Waals surface area contributed by atoms with E-state index in [4.69, 9.17) is 0 Å². The predicted octanol–water partition coefficient (Wildman–Crippen LogP) is 5.16. The second-order valence-electron chi connectivity index (χ2n) is 6.61. The molecule has 2 aliphatic heterocycles. The van der Waals surface area contributed by atoms with Crippen LogP contribution in [0.3, 0.4) is 0 Å². The Balaban J connectivity index is 1.60. The van der Waals surface area contributed by atoms with Crippen LogP contribution in [0, 0.1) is 0 Å². The summed E-state index contributed by atoms with van der Waals surface area (Å²) in [5, 5.41) is 0. The molecular formula is C20H24N2S. The van der Waals surface area contributed by atoms with Gasteiger partial charge in [0.2, 0.25) is 0 Å². The molecule has 2 aliphatic rings. The maximum atomic E-state index is 2.56. The Bertz CT molecular complexity index is 639. The molecule has 0 radical (unpaired) electrons. The number of nitrogens with zero attached hydrogens (tertiary/aromatic N) is 2. The van der Waals surface area contributed by atoms with E-state index in [0.717, 1.165) is 12.6 Å². The molecule has 2 heterocycles. The van der Waals surface area contributed by atoms with E-state index in [-0.39, 0.29) is 0 Å². The summed E-state index contributed by atoms with van der Waals surface area (Å²) in [6.07, 6.45) is 5.34. The van der Waals surface area contributed by atoms with E-state index in [2.05, 4.69) is 65.4 Å². The molecule has 0 bridgehead atoms. The van der Waals surface area contributed by atoms with Crippen LogP contribution in [0.15, 0.2) is 58.3 Å². The third-order valence-electron chi connectivity index (χ3n) is 5.14. The quantitative estimate of drug-likeness (QED) is 0.769. The maximum Gasteiger partial charge on any atom is 0.0552 e. The van der Waals surface area contributed by atoms with Gasteiger partial charge in [-0.2, -0.15) is 0 Å². The normalized spacial score (nSPS) is 20.9. The minimum absolute atomic E-state index is 0.734. The number of benzene rings is 2. The highest BCUT2D eigenvalue weighted by molar-refractivity contribution is 7.99. The van der Waals surface area contributed by atoms with Crippen molar-refractivity contribution in [3.05, 3.63) is 48.5 Å². The molecule has 0 aromatic heterocycles. The summed E-state index contributed by atoms with van der Waals surface area (Å²) in [7, 11) is 2.29. The van der Waals surface area contributed by atoms with Gasteiger partial charge in [0.15, 0.2) is 0 Å². The van der Waals surface area contributed by atoms with Crippen LogP contribution >= 0.6 is 11.8 Å². The summed E-state index contributed by atoms with van der Waals surface area (Å²) in [6, 6.07) is 18.4. The van der Waals surface area contributed by atoms with Crippen molar-refractivity contribution < 1.29 is 0 Å². The Kier molecular flexibility index (Phi) is 4.32. The molecule has 0 unspecified atom stereocenters. The van der Waals surface area contributed by atoms with Crippen molar-refractivity contribution in [3.8, 4) is 0 Å². The number of rotatable bonds is 3. The zero-order valence-electron chi connectivity index (χ0n) is 13.7. The molecule has 2 aromatic rings. The molecule has 0 saturated carbocycles. The molecule has 2 nitrogen and oxygen atoms in total. The van der Waals surface area contributed by atoms with E-state index in [0.29, 0.717) is 0 Å². The lowest BCUT2D eigenvalue weighted by molar-refractivity contribution is 0.178. The topological polar surface area (TPSA) is 6.48 Å². The summed E-state index contributed by atoms with van der Waals surface area (Å²) in [6.45, 7) is 2.36. The maximum absolute atomic E-state index is 2.56. The molecule has 3 heteroatoms. The summed E-state index contributed by atoms with van der Waals surface area (Å²) in [5.74, 6) is 0. The van der Waals surface area contributed by atoms with Gasteiger partial charge in [0.1, 0.15) is 0 Å². The molecule has 1 saturated heterocycles. The van der Waals surface area contributed by atoms with Crippen LogP contribution in [0.4, 0.5) is 11.4 Å². The van der Waals surface area contributed by atoms with E-state index < -0.39 is 0 Å². The molecule has 0 aliphatic carbocycles. The number of fused-ring (bicyclic) bond motifs is 2. The van der Waals surface area contributed by atoms with Crippen LogP contribution in [0.5, 0.6) is 0 Å². The second-order valence-corrected chi connectivity index (χ2v) is 7.69. The van der Waals surface area contributed by atoms with Crippen molar-refractivity contribution in [2.24, 2.45) is 0 Å². The van der Waals surface area contributed by atoms with E-state index >= 15 is 0 Å². The Morgan fingerprint density at radius 3 is 2.26 bits per heavy atom. The molecule has 2 aromatic carbocycles. The minimum Gasteiger partial charge on any atom is -0.340 e. The van der Waals surface area contributed by atoms with Gasteiger partial charge in [-0.3, -0.25) is 0 Å². The van der Waals surface area contributed by atoms with Gasteiger partial charge >= 0.3 is 0 Å². The number of hydrogen-bond acceptors (Lipinski definition) is 3. The zero-order chi connectivity index (χ0) is 15.6. The molecular weight excluding hydrogens is 300 g/mol. The number of para-hydroxylation sites is 2. The fraction of sp³-hybridized carbons (Fsp3) is 0.400. The fourth-order valence-electron chi connectivity index (χ4n) is 3.81. The Labute approximate surface area is 143 Å². The van der Waals surface area contributed by atoms with Crippen LogP contribution in [0.1, 0.15) is 25.7 Å². The number of piperidine rings is 1. The standard InChI is InChI=1S/C20H24N2S/c1-21-14-7-6-8-16(21)13-15-22-17-9-2-4-11-19(17)23-20-12-5-3-10-18(20)22/h2-5,9-12,16H,6-8,13-15H2,1H3/t16-/m1/s1. The number of hydrogen-bond donors (Lipinski definition) is 0. The van der Waals surface area contributed by atoms with Gasteiger partial charge in [-0.25, -0.2) is 0 Å². The third kappa shape index (κ3) is 3.00. The summed E-state index contributed by atoms with van der Waals surface area (Å²) in [5.41, 5.74) is 2.74. The molecule has 0 N–H and O–H groups in total. The average Bonchev–Trinajstić information content (AvgIpc) is 2.60. The largest absolute Gasteiger partial charge is 0.340 e. The van der Waals surface area contributed by atoms with Gasteiger partial charge in [0.05, 0.1) is 11.4 Å². The van der Waals surface area contributed by atoms with Crippen LogP contribution in [-0.4, -0.2) is 31.1 Å². The molecule has 1 fully saturated rings. The van der Waals surface area contributed by atoms with Crippen molar-refractivity contribution in [2.75, 3.05) is 25.0 Å². The highest BCUT2D eigenvalue weighted by Gasteiger charge is 2.25. The van der Waals surface area contributed by atoms with E-state index in [1.807, 2.05) is 11.8 Å². The van der Waals surface area contributed by atoms with Gasteiger partial charge in [0, 0.05) is 22.4 Å². The first-order chi connectivity index (χ1) is 11.3. The smallest absolute Gasteiger partial charge is 0.0552 e. The van der Waals surface area contributed by atoms with Gasteiger partial charge in [-0.1, -0.05) is 42.4 Å². The third-order valence-corrected chi connectivity index (χ3v) is 6.27. The van der Waals surface area contributed by atoms with Crippen LogP contribution in [0.25, 0.3) is 0 Å². The second kappa shape index (κ2) is 6.58. The van der Waals surface area contributed by atoms with Crippen LogP contribution in [-0.2, 0) is 0 Å². The van der Waals surface area contributed by atoms with Gasteiger partial charge < -0.3 is 9.80 Å². The summed E-state index contributed by atoms with van der Waals surface area (Å²) < 4.78 is 0. The first-order valence-corrected chi connectivity index (χ1v) is 9.48. The molecule has 0 amide bonds. The van der Waals surface area contributed by atoms with Gasteiger partial charge in [-0.05, 0) is 57.1 Å². The Hall–Kier alpha value is -1.45. The summed E-state index contributed by atoms with van der Waals surface area (Å²) >= 11 is 1.90.